The van der Waals surface area contributed by atoms with Crippen LogP contribution in [0.2, 0.25) is 0 Å². The highest BCUT2D eigenvalue weighted by Gasteiger charge is 2.47. The highest BCUT2D eigenvalue weighted by molar-refractivity contribution is 5.98. The van der Waals surface area contributed by atoms with Crippen LogP contribution in [0.15, 0.2) is 12.2 Å². The topological polar surface area (TPSA) is 46.6 Å². The zero-order valence-corrected chi connectivity index (χ0v) is 14.3. The van der Waals surface area contributed by atoms with E-state index in [1.54, 1.807) is 25.7 Å². The highest BCUT2D eigenvalue weighted by Crippen LogP contribution is 2.40. The van der Waals surface area contributed by atoms with Crippen molar-refractivity contribution in [3.63, 3.8) is 0 Å². The summed E-state index contributed by atoms with van der Waals surface area (Å²) in [5.41, 5.74) is -1.93. The molecular formula is C17H24F3NO3. The Balaban J connectivity index is 2.12. The molecule has 2 atom stereocenters. The summed E-state index contributed by atoms with van der Waals surface area (Å²) < 4.78 is 43.6. The predicted octanol–water partition coefficient (Wildman–Crippen LogP) is 4.24. The van der Waals surface area contributed by atoms with Crippen molar-refractivity contribution in [2.45, 2.75) is 76.7 Å². The number of carbonyl (C=O) groups is 2. The minimum atomic E-state index is -4.70. The van der Waals surface area contributed by atoms with Crippen LogP contribution >= 0.6 is 0 Å². The largest absolute Gasteiger partial charge is 0.444 e. The van der Waals surface area contributed by atoms with Crippen LogP contribution in [-0.2, 0) is 9.53 Å². The van der Waals surface area contributed by atoms with E-state index in [1.807, 2.05) is 0 Å². The zero-order chi connectivity index (χ0) is 18.3. The van der Waals surface area contributed by atoms with Crippen molar-refractivity contribution in [1.82, 2.24) is 4.90 Å². The number of amides is 1. The van der Waals surface area contributed by atoms with Gasteiger partial charge in [-0.3, -0.25) is 4.79 Å². The molecule has 2 bridgehead atoms. The van der Waals surface area contributed by atoms with Gasteiger partial charge in [0.1, 0.15) is 5.60 Å². The van der Waals surface area contributed by atoms with E-state index < -0.39 is 35.1 Å². The summed E-state index contributed by atoms with van der Waals surface area (Å²) in [6.07, 6.45) is -2.41. The van der Waals surface area contributed by atoms with Gasteiger partial charge in [0.05, 0.1) is 5.57 Å². The van der Waals surface area contributed by atoms with Crippen LogP contribution < -0.4 is 0 Å². The molecule has 0 aromatic rings. The summed E-state index contributed by atoms with van der Waals surface area (Å²) in [4.78, 5) is 26.2. The van der Waals surface area contributed by atoms with Crippen LogP contribution in [0, 0.1) is 5.92 Å². The van der Waals surface area contributed by atoms with Gasteiger partial charge in [-0.1, -0.05) is 6.58 Å². The normalized spacial score (nSPS) is 27.6. The van der Waals surface area contributed by atoms with E-state index >= 15 is 0 Å². The van der Waals surface area contributed by atoms with Gasteiger partial charge in [-0.2, -0.15) is 13.2 Å². The van der Waals surface area contributed by atoms with E-state index in [9.17, 15) is 22.8 Å². The molecule has 136 valence electrons. The van der Waals surface area contributed by atoms with Crippen molar-refractivity contribution in [1.29, 1.82) is 0 Å². The Labute approximate surface area is 140 Å². The molecule has 2 aliphatic heterocycles. The lowest BCUT2D eigenvalue weighted by molar-refractivity contribution is -0.135. The Morgan fingerprint density at radius 2 is 1.58 bits per heavy atom. The van der Waals surface area contributed by atoms with E-state index in [0.717, 1.165) is 6.42 Å². The molecule has 2 saturated heterocycles. The molecule has 4 nitrogen and oxygen atoms in total. The maximum absolute atomic E-state index is 12.7. The predicted molar refractivity (Wildman–Crippen MR) is 82.4 cm³/mol. The molecule has 1 amide bonds. The van der Waals surface area contributed by atoms with Crippen molar-refractivity contribution < 1.29 is 27.5 Å². The SMILES string of the molecule is C=C(C(=O)C1CC2CCCC(C1)N2C(=O)OC(C)(C)C)C(F)(F)F. The van der Waals surface area contributed by atoms with E-state index in [4.69, 9.17) is 4.74 Å². The van der Waals surface area contributed by atoms with Crippen LogP contribution in [0.4, 0.5) is 18.0 Å². The van der Waals surface area contributed by atoms with Crippen LogP contribution in [0.3, 0.4) is 0 Å². The van der Waals surface area contributed by atoms with E-state index in [2.05, 4.69) is 6.58 Å². The second kappa shape index (κ2) is 6.41. The van der Waals surface area contributed by atoms with Crippen LogP contribution in [-0.4, -0.2) is 40.6 Å². The molecule has 2 fully saturated rings. The van der Waals surface area contributed by atoms with Gasteiger partial charge in [-0.05, 0) is 52.9 Å². The second-order valence-electron chi connectivity index (χ2n) is 7.64. The maximum atomic E-state index is 12.7. The number of alkyl halides is 3. The molecule has 0 aromatic heterocycles. The molecule has 0 radical (unpaired) electrons. The number of fused-ring (bicyclic) bond motifs is 2. The summed E-state index contributed by atoms with van der Waals surface area (Å²) >= 11 is 0. The molecule has 0 N–H and O–H groups in total. The average molecular weight is 347 g/mol. The number of hydrogen-bond acceptors (Lipinski definition) is 3. The summed E-state index contributed by atoms with van der Waals surface area (Å²) in [6.45, 7) is 8.22. The van der Waals surface area contributed by atoms with E-state index in [-0.39, 0.29) is 24.9 Å². The lowest BCUT2D eigenvalue weighted by atomic mass is 9.76. The van der Waals surface area contributed by atoms with Gasteiger partial charge in [-0.15, -0.1) is 0 Å². The third kappa shape index (κ3) is 4.11. The minimum Gasteiger partial charge on any atom is -0.444 e. The lowest BCUT2D eigenvalue weighted by Crippen LogP contribution is -2.56. The summed E-state index contributed by atoms with van der Waals surface area (Å²) in [5.74, 6) is -1.67. The number of rotatable bonds is 2. The zero-order valence-electron chi connectivity index (χ0n) is 14.3. The number of hydrogen-bond donors (Lipinski definition) is 0. The van der Waals surface area contributed by atoms with Gasteiger partial charge in [0.15, 0.2) is 5.78 Å². The monoisotopic (exact) mass is 347 g/mol. The molecule has 2 heterocycles. The number of allylic oxidation sites excluding steroid dienone is 1. The first-order chi connectivity index (χ1) is 10.9. The summed E-state index contributed by atoms with van der Waals surface area (Å²) in [7, 11) is 0. The summed E-state index contributed by atoms with van der Waals surface area (Å²) in [6, 6.07) is -0.496. The number of ether oxygens (including phenoxy) is 1. The fourth-order valence-corrected chi connectivity index (χ4v) is 3.59. The number of carbonyl (C=O) groups excluding carboxylic acids is 2. The van der Waals surface area contributed by atoms with Crippen LogP contribution in [0.5, 0.6) is 0 Å². The van der Waals surface area contributed by atoms with Crippen molar-refractivity contribution in [3.05, 3.63) is 12.2 Å². The van der Waals surface area contributed by atoms with Crippen LogP contribution in [0.1, 0.15) is 52.9 Å². The molecule has 7 heteroatoms. The van der Waals surface area contributed by atoms with Crippen LogP contribution in [0.25, 0.3) is 0 Å². The van der Waals surface area contributed by atoms with Gasteiger partial charge in [-0.25, -0.2) is 4.79 Å². The van der Waals surface area contributed by atoms with Gasteiger partial charge in [0.25, 0.3) is 0 Å². The Hall–Kier alpha value is -1.53. The fourth-order valence-electron chi connectivity index (χ4n) is 3.59. The fraction of sp³-hybridized carbons (Fsp3) is 0.765. The number of halogens is 3. The Bertz CT molecular complexity index is 522. The highest BCUT2D eigenvalue weighted by atomic mass is 19.4. The Morgan fingerprint density at radius 3 is 2.00 bits per heavy atom. The number of ketones is 1. The minimum absolute atomic E-state index is 0.240. The lowest BCUT2D eigenvalue weighted by Gasteiger charge is -2.48. The van der Waals surface area contributed by atoms with Gasteiger partial charge < -0.3 is 9.64 Å². The molecule has 24 heavy (non-hydrogen) atoms. The van der Waals surface area contributed by atoms with Crippen molar-refractivity contribution in [2.75, 3.05) is 0 Å². The second-order valence-corrected chi connectivity index (χ2v) is 7.64. The molecule has 0 saturated carbocycles. The number of piperidine rings is 2. The number of Topliss-reactive ketones (excluding diaryl/α,β-unsaturated/α-hetero) is 1. The standard InChI is InChI=1S/C17H24F3NO3/c1-10(17(18,19)20)14(22)11-8-12-6-5-7-13(9-11)21(12)15(23)24-16(2,3)4/h11-13H,1,5-9H2,2-4H3. The van der Waals surface area contributed by atoms with Gasteiger partial charge >= 0.3 is 12.3 Å². The molecule has 0 aromatic carbocycles. The van der Waals surface area contributed by atoms with Crippen molar-refractivity contribution in [2.24, 2.45) is 5.92 Å². The Kier molecular flexibility index (Phi) is 5.02. The third-order valence-electron chi connectivity index (χ3n) is 4.59. The first-order valence-corrected chi connectivity index (χ1v) is 8.22. The molecular weight excluding hydrogens is 323 g/mol. The quantitative estimate of drug-likeness (QED) is 0.702. The van der Waals surface area contributed by atoms with Gasteiger partial charge in [0.2, 0.25) is 0 Å². The first kappa shape index (κ1) is 18.8. The van der Waals surface area contributed by atoms with E-state index in [1.165, 1.54) is 0 Å². The van der Waals surface area contributed by atoms with Gasteiger partial charge in [0, 0.05) is 18.0 Å². The number of nitrogens with zero attached hydrogens (tertiary/aromatic N) is 1. The van der Waals surface area contributed by atoms with E-state index in [0.29, 0.717) is 12.8 Å². The smallest absolute Gasteiger partial charge is 0.419 e. The first-order valence-electron chi connectivity index (χ1n) is 8.22. The molecule has 2 unspecified atom stereocenters. The average Bonchev–Trinajstić information content (AvgIpc) is 2.41. The molecule has 0 spiro atoms. The Morgan fingerprint density at radius 1 is 1.08 bits per heavy atom. The van der Waals surface area contributed by atoms with Crippen molar-refractivity contribution >= 4 is 11.9 Å². The maximum Gasteiger partial charge on any atom is 0.419 e. The molecule has 0 aliphatic carbocycles. The van der Waals surface area contributed by atoms with Crippen molar-refractivity contribution in [3.8, 4) is 0 Å². The molecule has 2 aliphatic rings. The summed E-state index contributed by atoms with van der Waals surface area (Å²) in [5, 5.41) is 0. The third-order valence-corrected chi connectivity index (χ3v) is 4.59. The molecule has 2 rings (SSSR count).